The number of hydrogen-bond donors (Lipinski definition) is 2. The number of carbonyl (C=O) groups is 1. The molecule has 8 heteroatoms. The van der Waals surface area contributed by atoms with E-state index in [1.165, 1.54) is 12.8 Å². The predicted molar refractivity (Wildman–Crippen MR) is 108 cm³/mol. The van der Waals surface area contributed by atoms with E-state index in [1.807, 2.05) is 0 Å². The van der Waals surface area contributed by atoms with Crippen LogP contribution in [0.4, 0.5) is 0 Å². The highest BCUT2D eigenvalue weighted by Crippen LogP contribution is 2.22. The van der Waals surface area contributed by atoms with Crippen LogP contribution in [0.15, 0.2) is 0 Å². The summed E-state index contributed by atoms with van der Waals surface area (Å²) in [7, 11) is 4.31. The van der Waals surface area contributed by atoms with Gasteiger partial charge in [0.1, 0.15) is 0 Å². The monoisotopic (exact) mass is 404 g/mol. The molecule has 2 aliphatic heterocycles. The molecule has 0 aromatic rings. The van der Waals surface area contributed by atoms with Crippen LogP contribution in [-0.4, -0.2) is 75.1 Å². The molecular formula is C16H35Cl3N4O. The molecule has 0 spiro atoms. The van der Waals surface area contributed by atoms with E-state index in [0.29, 0.717) is 24.3 Å². The number of piperazine rings is 1. The van der Waals surface area contributed by atoms with Gasteiger partial charge in [-0.25, -0.2) is 0 Å². The molecule has 3 unspecified atom stereocenters. The van der Waals surface area contributed by atoms with E-state index in [9.17, 15) is 4.79 Å². The van der Waals surface area contributed by atoms with E-state index >= 15 is 0 Å². The molecule has 1 amide bonds. The van der Waals surface area contributed by atoms with Gasteiger partial charge in [0.2, 0.25) is 5.91 Å². The van der Waals surface area contributed by atoms with E-state index in [0.717, 1.165) is 39.3 Å². The predicted octanol–water partition coefficient (Wildman–Crippen LogP) is 1.64. The zero-order valence-corrected chi connectivity index (χ0v) is 17.6. The van der Waals surface area contributed by atoms with E-state index in [-0.39, 0.29) is 43.1 Å². The Morgan fingerprint density at radius 1 is 1.25 bits per heavy atom. The second-order valence-corrected chi connectivity index (χ2v) is 6.99. The molecule has 0 radical (unpaired) electrons. The lowest BCUT2D eigenvalue weighted by Gasteiger charge is -2.37. The third-order valence-corrected chi connectivity index (χ3v) is 5.16. The fraction of sp³-hybridized carbons (Fsp3) is 0.938. The Hall–Kier alpha value is 0.220. The molecule has 5 nitrogen and oxygen atoms in total. The highest BCUT2D eigenvalue weighted by atomic mass is 35.5. The van der Waals surface area contributed by atoms with Gasteiger partial charge in [-0.2, -0.15) is 0 Å². The Kier molecular flexibility index (Phi) is 14.8. The van der Waals surface area contributed by atoms with Crippen molar-refractivity contribution in [3.63, 3.8) is 0 Å². The zero-order chi connectivity index (χ0) is 15.2. The second kappa shape index (κ2) is 13.4. The van der Waals surface area contributed by atoms with Crippen molar-refractivity contribution in [2.75, 3.05) is 53.4 Å². The van der Waals surface area contributed by atoms with Crippen LogP contribution in [-0.2, 0) is 4.79 Å². The number of halogens is 3. The van der Waals surface area contributed by atoms with Crippen LogP contribution in [0, 0.1) is 11.8 Å². The number of likely N-dealkylation sites (N-methyl/N-ethyl adjacent to an activating group) is 2. The Labute approximate surface area is 165 Å². The zero-order valence-electron chi connectivity index (χ0n) is 15.1. The highest BCUT2D eigenvalue weighted by Gasteiger charge is 2.24. The van der Waals surface area contributed by atoms with Crippen molar-refractivity contribution in [1.29, 1.82) is 0 Å². The number of carbonyl (C=O) groups excluding carboxylic acids is 1. The summed E-state index contributed by atoms with van der Waals surface area (Å²) in [5.74, 6) is 1.35. The maximum Gasteiger partial charge on any atom is 0.220 e. The number of amides is 1. The average Bonchev–Trinajstić information content (AvgIpc) is 2.49. The molecule has 2 N–H and O–H groups in total. The van der Waals surface area contributed by atoms with Crippen molar-refractivity contribution >= 4 is 43.1 Å². The maximum absolute atomic E-state index is 12.2. The van der Waals surface area contributed by atoms with Crippen LogP contribution in [0.25, 0.3) is 0 Å². The fourth-order valence-corrected chi connectivity index (χ4v) is 3.45. The molecule has 0 bridgehead atoms. The molecule has 0 aromatic heterocycles. The normalized spacial score (nSPS) is 26.3. The van der Waals surface area contributed by atoms with Crippen molar-refractivity contribution in [2.45, 2.75) is 32.2 Å². The van der Waals surface area contributed by atoms with Crippen molar-refractivity contribution in [1.82, 2.24) is 20.4 Å². The molecule has 2 heterocycles. The van der Waals surface area contributed by atoms with Crippen LogP contribution in [0.1, 0.15) is 26.2 Å². The fourth-order valence-electron chi connectivity index (χ4n) is 3.45. The van der Waals surface area contributed by atoms with E-state index in [1.54, 1.807) is 0 Å². The lowest BCUT2D eigenvalue weighted by Crippen LogP contribution is -2.54. The van der Waals surface area contributed by atoms with Gasteiger partial charge in [-0.3, -0.25) is 9.69 Å². The Morgan fingerprint density at radius 3 is 2.58 bits per heavy atom. The smallest absolute Gasteiger partial charge is 0.220 e. The van der Waals surface area contributed by atoms with Gasteiger partial charge >= 0.3 is 0 Å². The molecule has 2 rings (SSSR count). The van der Waals surface area contributed by atoms with E-state index in [2.05, 4.69) is 41.5 Å². The molecule has 146 valence electrons. The molecule has 24 heavy (non-hydrogen) atoms. The van der Waals surface area contributed by atoms with Crippen LogP contribution in [0.5, 0.6) is 0 Å². The first-order chi connectivity index (χ1) is 10.1. The van der Waals surface area contributed by atoms with Crippen molar-refractivity contribution in [3.8, 4) is 0 Å². The molecule has 2 fully saturated rings. The first-order valence-corrected chi connectivity index (χ1v) is 8.42. The Bertz CT molecular complexity index is 343. The van der Waals surface area contributed by atoms with Crippen molar-refractivity contribution in [3.05, 3.63) is 0 Å². The van der Waals surface area contributed by atoms with E-state index in [4.69, 9.17) is 0 Å². The molecule has 2 saturated heterocycles. The molecule has 0 aliphatic carbocycles. The Balaban J connectivity index is 0. The van der Waals surface area contributed by atoms with Crippen molar-refractivity contribution in [2.24, 2.45) is 11.8 Å². The largest absolute Gasteiger partial charge is 0.354 e. The minimum absolute atomic E-state index is 0. The summed E-state index contributed by atoms with van der Waals surface area (Å²) in [6.07, 6.45) is 3.17. The minimum Gasteiger partial charge on any atom is -0.354 e. The van der Waals surface area contributed by atoms with Gasteiger partial charge in [0.25, 0.3) is 0 Å². The number of nitrogens with zero attached hydrogens (tertiary/aromatic N) is 2. The third-order valence-electron chi connectivity index (χ3n) is 5.16. The second-order valence-electron chi connectivity index (χ2n) is 6.99. The van der Waals surface area contributed by atoms with Gasteiger partial charge in [-0.15, -0.1) is 37.2 Å². The van der Waals surface area contributed by atoms with Gasteiger partial charge in [-0.05, 0) is 51.9 Å². The summed E-state index contributed by atoms with van der Waals surface area (Å²) >= 11 is 0. The molecule has 3 atom stereocenters. The first-order valence-electron chi connectivity index (χ1n) is 8.42. The maximum atomic E-state index is 12.2. The lowest BCUT2D eigenvalue weighted by molar-refractivity contribution is -0.122. The average molecular weight is 406 g/mol. The third kappa shape index (κ3) is 8.54. The van der Waals surface area contributed by atoms with Crippen LogP contribution in [0.2, 0.25) is 0 Å². The van der Waals surface area contributed by atoms with Gasteiger partial charge < -0.3 is 15.5 Å². The molecule has 0 aromatic carbocycles. The van der Waals surface area contributed by atoms with E-state index < -0.39 is 0 Å². The van der Waals surface area contributed by atoms with Gasteiger partial charge in [-0.1, -0.05) is 6.92 Å². The summed E-state index contributed by atoms with van der Waals surface area (Å²) in [5.41, 5.74) is 0. The number of rotatable bonds is 5. The minimum atomic E-state index is 0. The summed E-state index contributed by atoms with van der Waals surface area (Å²) < 4.78 is 0. The van der Waals surface area contributed by atoms with Crippen LogP contribution in [0.3, 0.4) is 0 Å². The van der Waals surface area contributed by atoms with Gasteiger partial charge in [0.15, 0.2) is 0 Å². The quantitative estimate of drug-likeness (QED) is 0.730. The highest BCUT2D eigenvalue weighted by molar-refractivity contribution is 5.86. The molecule has 2 aliphatic rings. The van der Waals surface area contributed by atoms with Gasteiger partial charge in [0.05, 0.1) is 0 Å². The summed E-state index contributed by atoms with van der Waals surface area (Å²) in [4.78, 5) is 16.9. The number of piperidine rings is 1. The van der Waals surface area contributed by atoms with Crippen LogP contribution < -0.4 is 10.6 Å². The SMILES string of the molecule is CC(CC(=O)NCC1CN(C)CCN1C)C1CCCNC1.Cl.Cl.Cl. The lowest BCUT2D eigenvalue weighted by atomic mass is 9.85. The Morgan fingerprint density at radius 2 is 1.96 bits per heavy atom. The number of hydrogen-bond acceptors (Lipinski definition) is 4. The van der Waals surface area contributed by atoms with Crippen molar-refractivity contribution < 1.29 is 4.79 Å². The van der Waals surface area contributed by atoms with Gasteiger partial charge in [0, 0.05) is 38.6 Å². The number of nitrogens with one attached hydrogen (secondary N) is 2. The van der Waals surface area contributed by atoms with Crippen LogP contribution >= 0.6 is 37.2 Å². The summed E-state index contributed by atoms with van der Waals surface area (Å²) in [6.45, 7) is 8.45. The topological polar surface area (TPSA) is 47.6 Å². The first kappa shape index (κ1) is 26.4. The summed E-state index contributed by atoms with van der Waals surface area (Å²) in [5, 5.41) is 6.59. The summed E-state index contributed by atoms with van der Waals surface area (Å²) in [6, 6.07) is 0.444. The standard InChI is InChI=1S/C16H32N4O.3ClH/c1-13(14-5-4-6-17-10-14)9-16(21)18-11-15-12-19(2)7-8-20(15)3;;;/h13-15,17H,4-12H2,1-3H3,(H,18,21);3*1H. The molecule has 0 saturated carbocycles. The molecular weight excluding hydrogens is 371 g/mol.